The molecule has 0 aromatic rings. The fourth-order valence-electron chi connectivity index (χ4n) is 3.73. The van der Waals surface area contributed by atoms with Crippen molar-refractivity contribution in [3.05, 3.63) is 0 Å². The summed E-state index contributed by atoms with van der Waals surface area (Å²) in [6.45, 7) is 2.20. The first-order chi connectivity index (χ1) is 12.8. The van der Waals surface area contributed by atoms with Gasteiger partial charge in [-0.3, -0.25) is 0 Å². The lowest BCUT2D eigenvalue weighted by atomic mass is 10.0. The second-order valence-corrected chi connectivity index (χ2v) is 8.34. The predicted molar refractivity (Wildman–Crippen MR) is 116 cm³/mol. The Morgan fingerprint density at radius 2 is 0.731 bits per heavy atom. The standard InChI is InChI=1S/C24H50O2/c1-2-3-4-5-6-7-8-9-10-11-12-13-14-15-16-17-18-19-20-21-22-24(26)23-25/h24-26H,2-23H2,1H3. The Hall–Kier alpha value is -0.0800. The first-order valence-corrected chi connectivity index (χ1v) is 12.1. The van der Waals surface area contributed by atoms with Crippen LogP contribution in [-0.4, -0.2) is 22.9 Å². The minimum absolute atomic E-state index is 0.0842. The molecule has 0 radical (unpaired) electrons. The van der Waals surface area contributed by atoms with Crippen molar-refractivity contribution in [3.8, 4) is 0 Å². The highest BCUT2D eigenvalue weighted by atomic mass is 16.3. The number of hydrogen-bond donors (Lipinski definition) is 2. The molecule has 0 amide bonds. The highest BCUT2D eigenvalue weighted by Gasteiger charge is 2.00. The summed E-state index contributed by atoms with van der Waals surface area (Å²) in [5, 5.41) is 18.0. The van der Waals surface area contributed by atoms with Crippen LogP contribution in [0.1, 0.15) is 142 Å². The summed E-state index contributed by atoms with van der Waals surface area (Å²) in [5.74, 6) is 0. The maximum atomic E-state index is 9.26. The zero-order valence-corrected chi connectivity index (χ0v) is 18.0. The molecule has 0 rings (SSSR count). The van der Waals surface area contributed by atoms with Crippen molar-refractivity contribution >= 4 is 0 Å². The van der Waals surface area contributed by atoms with Gasteiger partial charge in [-0.2, -0.15) is 0 Å². The number of aliphatic hydroxyl groups excluding tert-OH is 2. The summed E-state index contributed by atoms with van der Waals surface area (Å²) in [4.78, 5) is 0. The van der Waals surface area contributed by atoms with E-state index in [-0.39, 0.29) is 6.61 Å². The third-order valence-electron chi connectivity index (χ3n) is 5.60. The van der Waals surface area contributed by atoms with E-state index in [9.17, 15) is 5.11 Å². The molecular formula is C24H50O2. The molecule has 2 nitrogen and oxygen atoms in total. The smallest absolute Gasteiger partial charge is 0.0770 e. The van der Waals surface area contributed by atoms with Crippen LogP contribution in [0.4, 0.5) is 0 Å². The van der Waals surface area contributed by atoms with Gasteiger partial charge in [0.25, 0.3) is 0 Å². The molecule has 0 aliphatic heterocycles. The van der Waals surface area contributed by atoms with Crippen molar-refractivity contribution in [3.63, 3.8) is 0 Å². The lowest BCUT2D eigenvalue weighted by Gasteiger charge is -2.06. The molecule has 0 spiro atoms. The highest BCUT2D eigenvalue weighted by Crippen LogP contribution is 2.15. The monoisotopic (exact) mass is 370 g/mol. The molecule has 0 aliphatic rings. The van der Waals surface area contributed by atoms with Crippen molar-refractivity contribution in [1.29, 1.82) is 0 Å². The number of aliphatic hydroxyl groups is 2. The first-order valence-electron chi connectivity index (χ1n) is 12.1. The van der Waals surface area contributed by atoms with Gasteiger partial charge in [-0.25, -0.2) is 0 Å². The molecule has 26 heavy (non-hydrogen) atoms. The van der Waals surface area contributed by atoms with E-state index >= 15 is 0 Å². The van der Waals surface area contributed by atoms with Crippen LogP contribution in [0.15, 0.2) is 0 Å². The molecule has 158 valence electrons. The van der Waals surface area contributed by atoms with Crippen LogP contribution in [0.25, 0.3) is 0 Å². The van der Waals surface area contributed by atoms with Crippen LogP contribution >= 0.6 is 0 Å². The van der Waals surface area contributed by atoms with Gasteiger partial charge in [0.1, 0.15) is 0 Å². The maximum Gasteiger partial charge on any atom is 0.0770 e. The molecule has 0 aromatic carbocycles. The largest absolute Gasteiger partial charge is 0.394 e. The van der Waals surface area contributed by atoms with E-state index < -0.39 is 6.10 Å². The third kappa shape index (κ3) is 22.0. The first kappa shape index (κ1) is 25.9. The van der Waals surface area contributed by atoms with Crippen LogP contribution < -0.4 is 0 Å². The van der Waals surface area contributed by atoms with Crippen molar-refractivity contribution in [2.24, 2.45) is 0 Å². The lowest BCUT2D eigenvalue weighted by Crippen LogP contribution is -2.10. The highest BCUT2D eigenvalue weighted by molar-refractivity contribution is 4.54. The van der Waals surface area contributed by atoms with Crippen LogP contribution in [0.3, 0.4) is 0 Å². The summed E-state index contributed by atoms with van der Waals surface area (Å²) in [6, 6.07) is 0. The van der Waals surface area contributed by atoms with Gasteiger partial charge in [-0.05, 0) is 6.42 Å². The van der Waals surface area contributed by atoms with Crippen LogP contribution in [0.5, 0.6) is 0 Å². The van der Waals surface area contributed by atoms with E-state index in [1.807, 2.05) is 0 Å². The Morgan fingerprint density at radius 1 is 0.462 bits per heavy atom. The van der Waals surface area contributed by atoms with Crippen molar-refractivity contribution in [1.82, 2.24) is 0 Å². The quantitative estimate of drug-likeness (QED) is 0.193. The molecule has 0 aliphatic carbocycles. The third-order valence-corrected chi connectivity index (χ3v) is 5.60. The summed E-state index contributed by atoms with van der Waals surface area (Å²) < 4.78 is 0. The van der Waals surface area contributed by atoms with E-state index in [1.54, 1.807) is 0 Å². The van der Waals surface area contributed by atoms with E-state index in [1.165, 1.54) is 122 Å². The minimum Gasteiger partial charge on any atom is -0.394 e. The molecule has 1 unspecified atom stereocenters. The van der Waals surface area contributed by atoms with Crippen LogP contribution in [0.2, 0.25) is 0 Å². The fraction of sp³-hybridized carbons (Fsp3) is 1.00. The van der Waals surface area contributed by atoms with E-state index in [0.29, 0.717) is 0 Å². The van der Waals surface area contributed by atoms with Gasteiger partial charge >= 0.3 is 0 Å². The summed E-state index contributed by atoms with van der Waals surface area (Å²) >= 11 is 0. The lowest BCUT2D eigenvalue weighted by molar-refractivity contribution is 0.0860. The molecule has 0 saturated carbocycles. The molecule has 0 fully saturated rings. The van der Waals surface area contributed by atoms with Gasteiger partial charge < -0.3 is 10.2 Å². The zero-order valence-electron chi connectivity index (χ0n) is 18.0. The Bertz CT molecular complexity index is 242. The molecule has 0 saturated heterocycles. The van der Waals surface area contributed by atoms with Crippen molar-refractivity contribution < 1.29 is 10.2 Å². The van der Waals surface area contributed by atoms with Crippen molar-refractivity contribution in [2.75, 3.05) is 6.61 Å². The molecule has 0 heterocycles. The summed E-state index contributed by atoms with van der Waals surface area (Å²) in [7, 11) is 0. The number of rotatable bonds is 22. The van der Waals surface area contributed by atoms with Gasteiger partial charge in [0.05, 0.1) is 12.7 Å². The topological polar surface area (TPSA) is 40.5 Å². The van der Waals surface area contributed by atoms with E-state index in [4.69, 9.17) is 5.11 Å². The van der Waals surface area contributed by atoms with Crippen molar-refractivity contribution in [2.45, 2.75) is 148 Å². The van der Waals surface area contributed by atoms with E-state index in [2.05, 4.69) is 6.92 Å². The number of unbranched alkanes of at least 4 members (excludes halogenated alkanes) is 19. The Kier molecular flexibility index (Phi) is 22.9. The SMILES string of the molecule is CCCCCCCCCCCCCCCCCCCCCCC(O)CO. The average molecular weight is 371 g/mol. The van der Waals surface area contributed by atoms with E-state index in [0.717, 1.165) is 12.8 Å². The minimum atomic E-state index is -0.495. The second kappa shape index (κ2) is 23.0. The zero-order chi connectivity index (χ0) is 19.1. The van der Waals surface area contributed by atoms with Gasteiger partial charge in [0.15, 0.2) is 0 Å². The molecular weight excluding hydrogens is 320 g/mol. The molecule has 1 atom stereocenters. The average Bonchev–Trinajstić information content (AvgIpc) is 2.66. The Morgan fingerprint density at radius 3 is 1.00 bits per heavy atom. The Labute approximate surface area is 165 Å². The predicted octanol–water partition coefficient (Wildman–Crippen LogP) is 7.55. The van der Waals surface area contributed by atoms with Crippen LogP contribution in [-0.2, 0) is 0 Å². The summed E-state index contributed by atoms with van der Waals surface area (Å²) in [6.07, 6.45) is 28.1. The van der Waals surface area contributed by atoms with Gasteiger partial charge in [-0.1, -0.05) is 135 Å². The number of hydrogen-bond acceptors (Lipinski definition) is 2. The molecule has 2 N–H and O–H groups in total. The van der Waals surface area contributed by atoms with Gasteiger partial charge in [0.2, 0.25) is 0 Å². The normalized spacial score (nSPS) is 12.6. The Balaban J connectivity index is 2.99. The fourth-order valence-corrected chi connectivity index (χ4v) is 3.73. The van der Waals surface area contributed by atoms with Gasteiger partial charge in [0, 0.05) is 0 Å². The van der Waals surface area contributed by atoms with Crippen LogP contribution in [0, 0.1) is 0 Å². The van der Waals surface area contributed by atoms with Gasteiger partial charge in [-0.15, -0.1) is 0 Å². The molecule has 0 bridgehead atoms. The second-order valence-electron chi connectivity index (χ2n) is 8.34. The maximum absolute atomic E-state index is 9.26. The molecule has 0 aromatic heterocycles. The summed E-state index contributed by atoms with van der Waals surface area (Å²) in [5.41, 5.74) is 0. The molecule has 2 heteroatoms.